The van der Waals surface area contributed by atoms with Crippen molar-refractivity contribution in [3.8, 4) is 0 Å². The minimum atomic E-state index is 0.851. The number of allylic oxidation sites excluding steroid dienone is 2. The summed E-state index contributed by atoms with van der Waals surface area (Å²) in [5, 5.41) is 0. The first kappa shape index (κ1) is 13.7. The molecule has 0 atom stereocenters. The predicted molar refractivity (Wildman–Crippen MR) is 66.6 cm³/mol. The fourth-order valence-electron chi connectivity index (χ4n) is 1.53. The van der Waals surface area contributed by atoms with E-state index in [1.165, 1.54) is 51.4 Å². The van der Waals surface area contributed by atoms with E-state index in [0.29, 0.717) is 0 Å². The van der Waals surface area contributed by atoms with Crippen LogP contribution in [0.1, 0.15) is 72.1 Å². The summed E-state index contributed by atoms with van der Waals surface area (Å²) in [7, 11) is 0. The summed E-state index contributed by atoms with van der Waals surface area (Å²) in [6, 6.07) is 0. The molecule has 0 spiro atoms. The van der Waals surface area contributed by atoms with Gasteiger partial charge < -0.3 is 0 Å². The highest BCUT2D eigenvalue weighted by Gasteiger charge is 1.89. The third-order valence-corrected chi connectivity index (χ3v) is 2.55. The summed E-state index contributed by atoms with van der Waals surface area (Å²) in [6.07, 6.45) is 15.6. The standard InChI is InChI=1S/C14H28/c1-4-5-6-7-8-9-10-11-12-13-14(2)3/h10-11,14H,4-9,12-13H2,1-3H3/b11-10+. The highest BCUT2D eigenvalue weighted by molar-refractivity contribution is 4.81. The molecule has 0 N–H and O–H groups in total. The Kier molecular flexibility index (Phi) is 10.6. The molecule has 0 fully saturated rings. The Morgan fingerprint density at radius 1 is 0.857 bits per heavy atom. The second kappa shape index (κ2) is 10.8. The zero-order valence-electron chi connectivity index (χ0n) is 10.4. The number of unbranched alkanes of at least 4 members (excludes halogenated alkanes) is 5. The summed E-state index contributed by atoms with van der Waals surface area (Å²) in [5.74, 6) is 0.851. The van der Waals surface area contributed by atoms with Crippen molar-refractivity contribution in [1.29, 1.82) is 0 Å². The van der Waals surface area contributed by atoms with Gasteiger partial charge in [-0.2, -0.15) is 0 Å². The number of rotatable bonds is 9. The molecule has 0 nitrogen and oxygen atoms in total. The van der Waals surface area contributed by atoms with E-state index in [1.54, 1.807) is 0 Å². The summed E-state index contributed by atoms with van der Waals surface area (Å²) < 4.78 is 0. The van der Waals surface area contributed by atoms with Crippen molar-refractivity contribution in [2.24, 2.45) is 5.92 Å². The van der Waals surface area contributed by atoms with E-state index in [0.717, 1.165) is 5.92 Å². The van der Waals surface area contributed by atoms with Crippen LogP contribution in [0.5, 0.6) is 0 Å². The van der Waals surface area contributed by atoms with Crippen LogP contribution in [0, 0.1) is 5.92 Å². The van der Waals surface area contributed by atoms with Crippen molar-refractivity contribution in [2.45, 2.75) is 72.1 Å². The molecule has 0 aromatic rings. The van der Waals surface area contributed by atoms with Crippen molar-refractivity contribution >= 4 is 0 Å². The molecule has 0 bridgehead atoms. The van der Waals surface area contributed by atoms with Gasteiger partial charge in [-0.25, -0.2) is 0 Å². The van der Waals surface area contributed by atoms with Crippen LogP contribution in [0.3, 0.4) is 0 Å². The van der Waals surface area contributed by atoms with Crippen molar-refractivity contribution in [3.05, 3.63) is 12.2 Å². The molecule has 0 aromatic heterocycles. The summed E-state index contributed by atoms with van der Waals surface area (Å²) in [6.45, 7) is 6.85. The fourth-order valence-corrected chi connectivity index (χ4v) is 1.53. The molecule has 0 radical (unpaired) electrons. The molecule has 0 aliphatic heterocycles. The SMILES string of the molecule is CCCCCCC/C=C/CCC(C)C. The van der Waals surface area contributed by atoms with Gasteiger partial charge in [0.15, 0.2) is 0 Å². The van der Waals surface area contributed by atoms with E-state index in [-0.39, 0.29) is 0 Å². The molecule has 0 heterocycles. The normalized spacial score (nSPS) is 11.7. The molecule has 0 saturated carbocycles. The molecule has 0 aliphatic rings. The van der Waals surface area contributed by atoms with Gasteiger partial charge in [-0.15, -0.1) is 0 Å². The lowest BCUT2D eigenvalue weighted by molar-refractivity contribution is 0.593. The van der Waals surface area contributed by atoms with E-state index >= 15 is 0 Å². The Balaban J connectivity index is 3.03. The van der Waals surface area contributed by atoms with Crippen LogP contribution in [0.25, 0.3) is 0 Å². The lowest BCUT2D eigenvalue weighted by Gasteiger charge is -1.99. The Labute approximate surface area is 90.8 Å². The summed E-state index contributed by atoms with van der Waals surface area (Å²) in [4.78, 5) is 0. The Morgan fingerprint density at radius 3 is 2.14 bits per heavy atom. The topological polar surface area (TPSA) is 0 Å². The van der Waals surface area contributed by atoms with E-state index in [4.69, 9.17) is 0 Å². The van der Waals surface area contributed by atoms with Gasteiger partial charge in [0.1, 0.15) is 0 Å². The first-order chi connectivity index (χ1) is 6.77. The molecule has 0 aliphatic carbocycles. The van der Waals surface area contributed by atoms with Crippen molar-refractivity contribution < 1.29 is 0 Å². The van der Waals surface area contributed by atoms with Crippen LogP contribution in [0.4, 0.5) is 0 Å². The summed E-state index contributed by atoms with van der Waals surface area (Å²) >= 11 is 0. The predicted octanol–water partition coefficient (Wildman–Crippen LogP) is 5.34. The van der Waals surface area contributed by atoms with Crippen LogP contribution in [0.15, 0.2) is 12.2 Å². The maximum atomic E-state index is 2.37. The molecule has 0 heteroatoms. The van der Waals surface area contributed by atoms with Gasteiger partial charge in [0.05, 0.1) is 0 Å². The van der Waals surface area contributed by atoms with Gasteiger partial charge >= 0.3 is 0 Å². The van der Waals surface area contributed by atoms with Crippen molar-refractivity contribution in [1.82, 2.24) is 0 Å². The van der Waals surface area contributed by atoms with Gasteiger partial charge in [-0.05, 0) is 31.6 Å². The van der Waals surface area contributed by atoms with Crippen LogP contribution in [-0.2, 0) is 0 Å². The largest absolute Gasteiger partial charge is 0.0885 e. The Hall–Kier alpha value is -0.260. The highest BCUT2D eigenvalue weighted by atomic mass is 14.0. The zero-order chi connectivity index (χ0) is 10.6. The van der Waals surface area contributed by atoms with Crippen molar-refractivity contribution in [2.75, 3.05) is 0 Å². The molecular formula is C14H28. The third-order valence-electron chi connectivity index (χ3n) is 2.55. The quantitative estimate of drug-likeness (QED) is 0.345. The van der Waals surface area contributed by atoms with E-state index in [9.17, 15) is 0 Å². The lowest BCUT2D eigenvalue weighted by Crippen LogP contribution is -1.83. The number of hydrogen-bond acceptors (Lipinski definition) is 0. The Morgan fingerprint density at radius 2 is 1.50 bits per heavy atom. The Bertz CT molecular complexity index is 122. The van der Waals surface area contributed by atoms with Crippen LogP contribution >= 0.6 is 0 Å². The minimum Gasteiger partial charge on any atom is -0.0885 e. The van der Waals surface area contributed by atoms with E-state index in [1.807, 2.05) is 0 Å². The van der Waals surface area contributed by atoms with Gasteiger partial charge in [0.25, 0.3) is 0 Å². The zero-order valence-corrected chi connectivity index (χ0v) is 10.4. The maximum Gasteiger partial charge on any atom is -0.0348 e. The monoisotopic (exact) mass is 196 g/mol. The maximum absolute atomic E-state index is 2.37. The molecule has 14 heavy (non-hydrogen) atoms. The second-order valence-electron chi connectivity index (χ2n) is 4.65. The average molecular weight is 196 g/mol. The van der Waals surface area contributed by atoms with Crippen molar-refractivity contribution in [3.63, 3.8) is 0 Å². The van der Waals surface area contributed by atoms with Gasteiger partial charge in [0.2, 0.25) is 0 Å². The lowest BCUT2D eigenvalue weighted by atomic mass is 10.1. The summed E-state index contributed by atoms with van der Waals surface area (Å²) in [5.41, 5.74) is 0. The smallest absolute Gasteiger partial charge is 0.0348 e. The first-order valence-electron chi connectivity index (χ1n) is 6.42. The van der Waals surface area contributed by atoms with Crippen LogP contribution in [0.2, 0.25) is 0 Å². The molecule has 0 unspecified atom stereocenters. The minimum absolute atomic E-state index is 0.851. The van der Waals surface area contributed by atoms with E-state index in [2.05, 4.69) is 32.9 Å². The molecule has 0 aromatic carbocycles. The molecule has 0 rings (SSSR count). The average Bonchev–Trinajstić information content (AvgIpc) is 2.15. The van der Waals surface area contributed by atoms with Crippen LogP contribution < -0.4 is 0 Å². The first-order valence-corrected chi connectivity index (χ1v) is 6.42. The molecule has 0 saturated heterocycles. The molecule has 84 valence electrons. The highest BCUT2D eigenvalue weighted by Crippen LogP contribution is 2.07. The van der Waals surface area contributed by atoms with Gasteiger partial charge in [0, 0.05) is 0 Å². The van der Waals surface area contributed by atoms with Gasteiger partial charge in [-0.1, -0.05) is 58.6 Å². The molecule has 0 amide bonds. The van der Waals surface area contributed by atoms with Gasteiger partial charge in [-0.3, -0.25) is 0 Å². The van der Waals surface area contributed by atoms with E-state index < -0.39 is 0 Å². The van der Waals surface area contributed by atoms with Crippen LogP contribution in [-0.4, -0.2) is 0 Å². The fraction of sp³-hybridized carbons (Fsp3) is 0.857. The number of hydrogen-bond donors (Lipinski definition) is 0. The molecular weight excluding hydrogens is 168 g/mol. The third kappa shape index (κ3) is 11.7. The second-order valence-corrected chi connectivity index (χ2v) is 4.65.